The summed E-state index contributed by atoms with van der Waals surface area (Å²) >= 11 is 1.46. The Morgan fingerprint density at radius 2 is 2.31 bits per heavy atom. The van der Waals surface area contributed by atoms with Gasteiger partial charge in [0.1, 0.15) is 5.82 Å². The van der Waals surface area contributed by atoms with Gasteiger partial charge in [-0.05, 0) is 31.7 Å². The molecule has 0 aromatic carbocycles. The van der Waals surface area contributed by atoms with E-state index in [0.717, 1.165) is 43.3 Å². The summed E-state index contributed by atoms with van der Waals surface area (Å²) < 4.78 is 4.28. The summed E-state index contributed by atoms with van der Waals surface area (Å²) in [5.74, 6) is 1.58. The van der Waals surface area contributed by atoms with Gasteiger partial charge in [0.05, 0.1) is 0 Å². The molecule has 0 bridgehead atoms. The molecule has 0 radical (unpaired) electrons. The maximum absolute atomic E-state index is 5.56. The molecule has 1 atom stereocenters. The number of nitrogens with one attached hydrogen (secondary N) is 1. The highest BCUT2D eigenvalue weighted by molar-refractivity contribution is 7.09. The van der Waals surface area contributed by atoms with Crippen LogP contribution in [0.25, 0.3) is 0 Å². The van der Waals surface area contributed by atoms with Gasteiger partial charge in [-0.25, -0.2) is 4.98 Å². The fourth-order valence-corrected chi connectivity index (χ4v) is 2.05. The third-order valence-electron chi connectivity index (χ3n) is 2.49. The highest BCUT2D eigenvalue weighted by Crippen LogP contribution is 2.12. The first-order valence-corrected chi connectivity index (χ1v) is 6.80. The van der Waals surface area contributed by atoms with Gasteiger partial charge in [0, 0.05) is 24.5 Å². The molecule has 3 N–H and O–H groups in total. The highest BCUT2D eigenvalue weighted by atomic mass is 32.1. The zero-order valence-corrected chi connectivity index (χ0v) is 11.0. The maximum Gasteiger partial charge on any atom is 0.202 e. The number of nitrogens with two attached hydrogens (primary N) is 1. The Morgan fingerprint density at radius 3 is 3.00 bits per heavy atom. The summed E-state index contributed by atoms with van der Waals surface area (Å²) in [5, 5.41) is 4.26. The number of anilines is 1. The van der Waals surface area contributed by atoms with E-state index in [1.165, 1.54) is 18.0 Å². The second-order valence-corrected chi connectivity index (χ2v) is 4.93. The van der Waals surface area contributed by atoms with Crippen molar-refractivity contribution >= 4 is 16.7 Å². The van der Waals surface area contributed by atoms with E-state index < -0.39 is 0 Å². The Morgan fingerprint density at radius 1 is 1.50 bits per heavy atom. The number of aromatic nitrogens is 2. The predicted octanol–water partition coefficient (Wildman–Crippen LogP) is 2.28. The molecule has 0 amide bonds. The van der Waals surface area contributed by atoms with Crippen LogP contribution in [0.5, 0.6) is 0 Å². The van der Waals surface area contributed by atoms with Crippen molar-refractivity contribution in [3.05, 3.63) is 5.82 Å². The average molecular weight is 242 g/mol. The van der Waals surface area contributed by atoms with E-state index in [0.29, 0.717) is 5.92 Å². The molecule has 0 aliphatic heterocycles. The normalized spacial score (nSPS) is 12.7. The van der Waals surface area contributed by atoms with Gasteiger partial charge in [0.2, 0.25) is 5.13 Å². The van der Waals surface area contributed by atoms with Crippen molar-refractivity contribution in [3.63, 3.8) is 0 Å². The molecule has 0 aliphatic rings. The summed E-state index contributed by atoms with van der Waals surface area (Å²) in [4.78, 5) is 4.41. The predicted molar refractivity (Wildman–Crippen MR) is 69.8 cm³/mol. The van der Waals surface area contributed by atoms with Crippen LogP contribution in [-0.4, -0.2) is 22.4 Å². The molecule has 0 aliphatic carbocycles. The Hall–Kier alpha value is -0.680. The minimum atomic E-state index is 0.617. The van der Waals surface area contributed by atoms with Gasteiger partial charge in [-0.1, -0.05) is 13.8 Å². The third kappa shape index (κ3) is 4.90. The zero-order valence-electron chi connectivity index (χ0n) is 10.2. The van der Waals surface area contributed by atoms with Crippen LogP contribution in [0.15, 0.2) is 0 Å². The van der Waals surface area contributed by atoms with E-state index in [4.69, 9.17) is 5.73 Å². The van der Waals surface area contributed by atoms with Gasteiger partial charge in [-0.15, -0.1) is 0 Å². The lowest BCUT2D eigenvalue weighted by Gasteiger charge is -2.07. The second kappa shape index (κ2) is 7.57. The van der Waals surface area contributed by atoms with Crippen molar-refractivity contribution in [1.82, 2.24) is 9.36 Å². The lowest BCUT2D eigenvalue weighted by atomic mass is 10.1. The third-order valence-corrected chi connectivity index (χ3v) is 3.20. The Bertz CT molecular complexity index is 287. The van der Waals surface area contributed by atoms with Crippen LogP contribution < -0.4 is 11.1 Å². The largest absolute Gasteiger partial charge is 0.360 e. The molecule has 1 aromatic rings. The first kappa shape index (κ1) is 13.4. The van der Waals surface area contributed by atoms with Crippen molar-refractivity contribution in [2.45, 2.75) is 39.5 Å². The van der Waals surface area contributed by atoms with Crippen molar-refractivity contribution in [2.24, 2.45) is 11.7 Å². The van der Waals surface area contributed by atoms with Gasteiger partial charge in [-0.3, -0.25) is 0 Å². The van der Waals surface area contributed by atoms with Crippen molar-refractivity contribution < 1.29 is 0 Å². The fourth-order valence-electron chi connectivity index (χ4n) is 1.41. The quantitative estimate of drug-likeness (QED) is 0.686. The summed E-state index contributed by atoms with van der Waals surface area (Å²) in [7, 11) is 0. The van der Waals surface area contributed by atoms with Crippen LogP contribution in [0, 0.1) is 5.92 Å². The van der Waals surface area contributed by atoms with Crippen LogP contribution >= 0.6 is 11.5 Å². The fraction of sp³-hybridized carbons (Fsp3) is 0.818. The number of hydrogen-bond acceptors (Lipinski definition) is 5. The van der Waals surface area contributed by atoms with Gasteiger partial charge >= 0.3 is 0 Å². The van der Waals surface area contributed by atoms with E-state index in [9.17, 15) is 0 Å². The van der Waals surface area contributed by atoms with Crippen LogP contribution in [0.3, 0.4) is 0 Å². The van der Waals surface area contributed by atoms with E-state index in [-0.39, 0.29) is 0 Å². The van der Waals surface area contributed by atoms with Crippen molar-refractivity contribution in [3.8, 4) is 0 Å². The van der Waals surface area contributed by atoms with Gasteiger partial charge in [0.15, 0.2) is 0 Å². The molecule has 1 heterocycles. The van der Waals surface area contributed by atoms with Gasteiger partial charge < -0.3 is 11.1 Å². The SMILES string of the molecule is CCCc1nsc(NCCCC(C)CN)n1. The molecule has 0 spiro atoms. The van der Waals surface area contributed by atoms with Gasteiger partial charge in [0.25, 0.3) is 0 Å². The molecule has 1 unspecified atom stereocenters. The molecule has 4 nitrogen and oxygen atoms in total. The van der Waals surface area contributed by atoms with E-state index in [2.05, 4.69) is 28.5 Å². The molecular weight excluding hydrogens is 220 g/mol. The highest BCUT2D eigenvalue weighted by Gasteiger charge is 2.03. The van der Waals surface area contributed by atoms with Crippen molar-refractivity contribution in [2.75, 3.05) is 18.4 Å². The smallest absolute Gasteiger partial charge is 0.202 e. The number of hydrogen-bond donors (Lipinski definition) is 2. The topological polar surface area (TPSA) is 63.8 Å². The molecule has 0 saturated heterocycles. The van der Waals surface area contributed by atoms with Crippen LogP contribution in [-0.2, 0) is 6.42 Å². The monoisotopic (exact) mass is 242 g/mol. The number of rotatable bonds is 8. The lowest BCUT2D eigenvalue weighted by molar-refractivity contribution is 0.529. The maximum atomic E-state index is 5.56. The van der Waals surface area contributed by atoms with E-state index in [1.54, 1.807) is 0 Å². The molecule has 16 heavy (non-hydrogen) atoms. The summed E-state index contributed by atoms with van der Waals surface area (Å²) in [6, 6.07) is 0. The van der Waals surface area contributed by atoms with E-state index >= 15 is 0 Å². The Kier molecular flexibility index (Phi) is 6.33. The summed E-state index contributed by atoms with van der Waals surface area (Å²) in [6.07, 6.45) is 4.39. The van der Waals surface area contributed by atoms with E-state index in [1.807, 2.05) is 0 Å². The van der Waals surface area contributed by atoms with Gasteiger partial charge in [-0.2, -0.15) is 4.37 Å². The molecule has 92 valence electrons. The first-order valence-electron chi connectivity index (χ1n) is 6.02. The minimum Gasteiger partial charge on any atom is -0.360 e. The first-order chi connectivity index (χ1) is 7.76. The van der Waals surface area contributed by atoms with Crippen molar-refractivity contribution in [1.29, 1.82) is 0 Å². The summed E-state index contributed by atoms with van der Waals surface area (Å²) in [5.41, 5.74) is 5.56. The molecule has 0 fully saturated rings. The van der Waals surface area contributed by atoms with Crippen LogP contribution in [0.1, 0.15) is 38.9 Å². The van der Waals surface area contributed by atoms with Crippen LogP contribution in [0.2, 0.25) is 0 Å². The zero-order chi connectivity index (χ0) is 11.8. The standard InChI is InChI=1S/C11H22N4S/c1-3-5-10-14-11(16-15-10)13-7-4-6-9(2)8-12/h9H,3-8,12H2,1-2H3,(H,13,14,15). The molecule has 0 saturated carbocycles. The average Bonchev–Trinajstić information content (AvgIpc) is 2.72. The lowest BCUT2D eigenvalue weighted by Crippen LogP contribution is -2.12. The Balaban J connectivity index is 2.16. The van der Waals surface area contributed by atoms with Crippen LogP contribution in [0.4, 0.5) is 5.13 Å². The summed E-state index contributed by atoms with van der Waals surface area (Å²) in [6.45, 7) is 6.07. The Labute approximate surface area is 102 Å². The molecule has 5 heteroatoms. The molecular formula is C11H22N4S. The molecule has 1 aromatic heterocycles. The number of aryl methyl sites for hydroxylation is 1. The second-order valence-electron chi connectivity index (χ2n) is 4.18. The molecule has 1 rings (SSSR count). The minimum absolute atomic E-state index is 0.617. The number of nitrogens with zero attached hydrogens (tertiary/aromatic N) is 2.